The van der Waals surface area contributed by atoms with Crippen LogP contribution in [-0.2, 0) is 9.53 Å². The summed E-state index contributed by atoms with van der Waals surface area (Å²) < 4.78 is 5.57. The number of rotatable bonds is 6. The summed E-state index contributed by atoms with van der Waals surface area (Å²) in [5, 5.41) is 20.1. The fourth-order valence-electron chi connectivity index (χ4n) is 4.57. The van der Waals surface area contributed by atoms with E-state index in [1.165, 1.54) is 11.3 Å². The number of carbonyl (C=O) groups excluding carboxylic acids is 1. The van der Waals surface area contributed by atoms with Crippen molar-refractivity contribution in [2.75, 3.05) is 26.2 Å². The van der Waals surface area contributed by atoms with Crippen molar-refractivity contribution in [3.63, 3.8) is 0 Å². The molecule has 2 rings (SSSR count). The first-order valence-corrected chi connectivity index (χ1v) is 9.11. The summed E-state index contributed by atoms with van der Waals surface area (Å²) in [6.07, 6.45) is 2.91. The zero-order valence-electron chi connectivity index (χ0n) is 14.7. The van der Waals surface area contributed by atoms with Crippen LogP contribution in [0.3, 0.4) is 0 Å². The second kappa shape index (κ2) is 8.53. The standard InChI is InChI=1S/C17H32N2O4/c1-4-23-17-6-5-14(8-15(17)19(21)22)16(20)11-18-9-12(2)7-13(3)10-18/h12-15,17,19,21H,4-11H2,1-3H3/p+1. The Balaban J connectivity index is 1.89. The third-order valence-corrected chi connectivity index (χ3v) is 5.44. The number of ketones is 1. The van der Waals surface area contributed by atoms with Gasteiger partial charge in [-0.3, -0.25) is 4.79 Å². The van der Waals surface area contributed by atoms with Gasteiger partial charge in [0.05, 0.1) is 13.1 Å². The van der Waals surface area contributed by atoms with Crippen LogP contribution in [0.4, 0.5) is 0 Å². The van der Waals surface area contributed by atoms with E-state index in [1.807, 2.05) is 6.92 Å². The van der Waals surface area contributed by atoms with Gasteiger partial charge in [0.1, 0.15) is 18.7 Å². The molecule has 3 N–H and O–H groups in total. The van der Waals surface area contributed by atoms with Gasteiger partial charge in [0.15, 0.2) is 5.78 Å². The highest BCUT2D eigenvalue weighted by molar-refractivity contribution is 5.82. The summed E-state index contributed by atoms with van der Waals surface area (Å²) >= 11 is 0. The van der Waals surface area contributed by atoms with Crippen LogP contribution in [0.15, 0.2) is 0 Å². The maximum Gasteiger partial charge on any atom is 0.190 e. The third-order valence-electron chi connectivity index (χ3n) is 5.44. The van der Waals surface area contributed by atoms with E-state index in [1.54, 1.807) is 0 Å². The van der Waals surface area contributed by atoms with Crippen molar-refractivity contribution in [2.24, 2.45) is 17.8 Å². The Morgan fingerprint density at radius 3 is 2.48 bits per heavy atom. The Morgan fingerprint density at radius 2 is 1.91 bits per heavy atom. The molecule has 1 heterocycles. The molecule has 2 aliphatic rings. The Kier molecular flexibility index (Phi) is 6.98. The first-order valence-electron chi connectivity index (χ1n) is 9.11. The third kappa shape index (κ3) is 5.22. The molecule has 6 nitrogen and oxygen atoms in total. The summed E-state index contributed by atoms with van der Waals surface area (Å²) in [5.41, 5.74) is 0. The molecular formula is C17H33N2O4+. The number of carbonyl (C=O) groups is 1. The van der Waals surface area contributed by atoms with Crippen LogP contribution in [0.1, 0.15) is 46.5 Å². The van der Waals surface area contributed by atoms with E-state index in [9.17, 15) is 15.2 Å². The lowest BCUT2D eigenvalue weighted by molar-refractivity contribution is -1.07. The second-order valence-electron chi connectivity index (χ2n) is 7.70. The van der Waals surface area contributed by atoms with Gasteiger partial charge in [0, 0.05) is 30.8 Å². The van der Waals surface area contributed by atoms with E-state index in [2.05, 4.69) is 13.8 Å². The van der Waals surface area contributed by atoms with E-state index in [-0.39, 0.29) is 17.8 Å². The van der Waals surface area contributed by atoms with Crippen LogP contribution in [0.2, 0.25) is 0 Å². The Morgan fingerprint density at radius 1 is 1.26 bits per heavy atom. The number of ether oxygens (including phenoxy) is 1. The summed E-state index contributed by atoms with van der Waals surface area (Å²) in [6.45, 7) is 9.62. The van der Waals surface area contributed by atoms with Gasteiger partial charge in [-0.05, 0) is 26.2 Å². The largest absolute Gasteiger partial charge is 0.600 e. The number of hydrogen-bond acceptors (Lipinski definition) is 4. The summed E-state index contributed by atoms with van der Waals surface area (Å²) in [6, 6.07) is -0.535. The predicted octanol–water partition coefficient (Wildman–Crippen LogP) is -0.538. The number of piperidine rings is 1. The van der Waals surface area contributed by atoms with Gasteiger partial charge in [-0.2, -0.15) is 0 Å². The highest BCUT2D eigenvalue weighted by atomic mass is 16.8. The molecule has 134 valence electrons. The molecule has 0 radical (unpaired) electrons. The average Bonchev–Trinajstić information content (AvgIpc) is 2.46. The Hall–Kier alpha value is -0.530. The number of hydroxylamine groups is 2. The van der Waals surface area contributed by atoms with Crippen LogP contribution < -0.4 is 10.1 Å². The normalized spacial score (nSPS) is 39.9. The number of likely N-dealkylation sites (tertiary alicyclic amines) is 1. The van der Waals surface area contributed by atoms with Gasteiger partial charge in [-0.15, -0.1) is 0 Å². The van der Waals surface area contributed by atoms with Crippen molar-refractivity contribution in [1.82, 2.24) is 0 Å². The smallest absolute Gasteiger partial charge is 0.190 e. The summed E-state index contributed by atoms with van der Waals surface area (Å²) in [7, 11) is 0. The molecule has 1 saturated heterocycles. The highest BCUT2D eigenvalue weighted by Gasteiger charge is 2.39. The molecule has 6 atom stereocenters. The van der Waals surface area contributed by atoms with Crippen molar-refractivity contribution in [3.05, 3.63) is 5.21 Å². The SMILES string of the molecule is CCOC1CCC(C(=O)C[NH+]2CC(C)CC(C)C2)CC1[NH+]([O-])O. The number of nitrogens with one attached hydrogen (secondary N) is 2. The number of quaternary nitrogens is 2. The monoisotopic (exact) mass is 329 g/mol. The molecule has 0 amide bonds. The minimum atomic E-state index is -0.825. The van der Waals surface area contributed by atoms with Gasteiger partial charge in [-0.25, -0.2) is 10.4 Å². The maximum absolute atomic E-state index is 12.7. The fourth-order valence-corrected chi connectivity index (χ4v) is 4.57. The van der Waals surface area contributed by atoms with Gasteiger partial charge in [-0.1, -0.05) is 13.8 Å². The van der Waals surface area contributed by atoms with Crippen LogP contribution in [0, 0.1) is 23.0 Å². The maximum atomic E-state index is 12.7. The quantitative estimate of drug-likeness (QED) is 0.572. The van der Waals surface area contributed by atoms with Crippen molar-refractivity contribution in [1.29, 1.82) is 0 Å². The van der Waals surface area contributed by atoms with Crippen LogP contribution in [0.5, 0.6) is 0 Å². The lowest BCUT2D eigenvalue weighted by Crippen LogP contribution is -3.15. The molecule has 6 unspecified atom stereocenters. The minimum Gasteiger partial charge on any atom is -0.600 e. The highest BCUT2D eigenvalue weighted by Crippen LogP contribution is 2.26. The van der Waals surface area contributed by atoms with Crippen LogP contribution >= 0.6 is 0 Å². The minimum absolute atomic E-state index is 0.104. The van der Waals surface area contributed by atoms with Crippen LogP contribution in [-0.4, -0.2) is 49.4 Å². The number of hydrogen-bond donors (Lipinski definition) is 3. The fraction of sp³-hybridized carbons (Fsp3) is 0.941. The molecule has 0 spiro atoms. The van der Waals surface area contributed by atoms with Gasteiger partial charge in [0.2, 0.25) is 0 Å². The number of Topliss-reactive ketones (excluding diaryl/α,β-unsaturated/α-hetero) is 1. The first-order chi connectivity index (χ1) is 10.9. The molecule has 0 aromatic heterocycles. The second-order valence-corrected chi connectivity index (χ2v) is 7.70. The van der Waals surface area contributed by atoms with Crippen molar-refractivity contribution < 1.29 is 24.9 Å². The zero-order chi connectivity index (χ0) is 17.0. The lowest BCUT2D eigenvalue weighted by Gasteiger charge is -2.38. The average molecular weight is 329 g/mol. The molecular weight excluding hydrogens is 296 g/mol. The summed E-state index contributed by atoms with van der Waals surface area (Å²) in [5.74, 6) is 1.49. The molecule has 0 bridgehead atoms. The zero-order valence-corrected chi connectivity index (χ0v) is 14.7. The molecule has 1 aliphatic carbocycles. The van der Waals surface area contributed by atoms with E-state index in [4.69, 9.17) is 4.74 Å². The van der Waals surface area contributed by atoms with Crippen molar-refractivity contribution in [2.45, 2.75) is 58.6 Å². The first kappa shape index (κ1) is 18.8. The van der Waals surface area contributed by atoms with Crippen molar-refractivity contribution in [3.8, 4) is 0 Å². The summed E-state index contributed by atoms with van der Waals surface area (Å²) in [4.78, 5) is 14.0. The molecule has 1 aliphatic heterocycles. The van der Waals surface area contributed by atoms with E-state index in [0.29, 0.717) is 37.8 Å². The lowest BCUT2D eigenvalue weighted by atomic mass is 9.81. The van der Waals surface area contributed by atoms with E-state index < -0.39 is 11.3 Å². The molecule has 0 aromatic carbocycles. The van der Waals surface area contributed by atoms with Crippen molar-refractivity contribution >= 4 is 5.78 Å². The predicted molar refractivity (Wildman–Crippen MR) is 86.2 cm³/mol. The molecule has 2 fully saturated rings. The molecule has 23 heavy (non-hydrogen) atoms. The molecule has 1 saturated carbocycles. The molecule has 6 heteroatoms. The topological polar surface area (TPSA) is 78.5 Å². The van der Waals surface area contributed by atoms with Gasteiger partial charge < -0.3 is 14.8 Å². The van der Waals surface area contributed by atoms with E-state index in [0.717, 1.165) is 19.5 Å². The molecule has 0 aromatic rings. The van der Waals surface area contributed by atoms with E-state index >= 15 is 0 Å². The Bertz CT molecular complexity index is 381. The van der Waals surface area contributed by atoms with Gasteiger partial charge >= 0.3 is 0 Å². The van der Waals surface area contributed by atoms with Gasteiger partial charge in [0.25, 0.3) is 0 Å². The Labute approximate surface area is 139 Å². The van der Waals surface area contributed by atoms with Crippen LogP contribution in [0.25, 0.3) is 0 Å².